The van der Waals surface area contributed by atoms with Crippen molar-refractivity contribution in [3.63, 3.8) is 0 Å². The van der Waals surface area contributed by atoms with Crippen LogP contribution >= 0.6 is 0 Å². The highest BCUT2D eigenvalue weighted by Crippen LogP contribution is 2.41. The maximum atomic E-state index is 14.1. The Hall–Kier alpha value is -7.67. The molecule has 0 unspecified atom stereocenters. The number of nitrogens with one attached hydrogen (secondary N) is 2. The molecule has 13 heteroatoms. The van der Waals surface area contributed by atoms with E-state index >= 15 is 0 Å². The lowest BCUT2D eigenvalue weighted by atomic mass is 9.81. The molecule has 1 heterocycles. The lowest BCUT2D eigenvalue weighted by Gasteiger charge is -2.24. The Labute approximate surface area is 306 Å². The van der Waals surface area contributed by atoms with Crippen molar-refractivity contribution >= 4 is 69.3 Å². The molecule has 54 heavy (non-hydrogen) atoms. The topological polar surface area (TPSA) is 217 Å². The Morgan fingerprint density at radius 2 is 0.852 bits per heavy atom. The summed E-state index contributed by atoms with van der Waals surface area (Å²) in [6.07, 6.45) is 0. The van der Waals surface area contributed by atoms with Gasteiger partial charge in [-0.25, -0.2) is 0 Å². The summed E-state index contributed by atoms with van der Waals surface area (Å²) in [5, 5.41) is 6.01. The first-order chi connectivity index (χ1) is 25.9. The van der Waals surface area contributed by atoms with Crippen molar-refractivity contribution < 1.29 is 28.8 Å². The number of aromatic nitrogens is 3. The molecule has 5 aromatic carbocycles. The predicted octanol–water partition coefficient (Wildman–Crippen LogP) is 6.15. The van der Waals surface area contributed by atoms with E-state index in [4.69, 9.17) is 11.5 Å². The number of ketones is 6. The Morgan fingerprint density at radius 1 is 0.500 bits per heavy atom. The van der Waals surface area contributed by atoms with Crippen LogP contribution in [0.3, 0.4) is 0 Å². The minimum absolute atomic E-state index is 0.00258. The van der Waals surface area contributed by atoms with Crippen LogP contribution in [0.1, 0.15) is 98.2 Å². The minimum atomic E-state index is -0.545. The van der Waals surface area contributed by atoms with E-state index in [0.717, 1.165) is 0 Å². The minimum Gasteiger partial charge on any atom is -0.398 e. The van der Waals surface area contributed by atoms with E-state index in [9.17, 15) is 28.8 Å². The number of rotatable bonds is 7. The Morgan fingerprint density at radius 3 is 1.22 bits per heavy atom. The third-order valence-electron chi connectivity index (χ3n) is 9.36. The summed E-state index contributed by atoms with van der Waals surface area (Å²) >= 11 is 0. The van der Waals surface area contributed by atoms with E-state index in [1.807, 2.05) is 0 Å². The maximum Gasteiger partial charge on any atom is 0.232 e. The van der Waals surface area contributed by atoms with Crippen molar-refractivity contribution in [3.05, 3.63) is 147 Å². The van der Waals surface area contributed by atoms with E-state index < -0.39 is 34.7 Å². The smallest absolute Gasteiger partial charge is 0.232 e. The Bertz CT molecular complexity index is 2560. The number of hydrogen-bond donors (Lipinski definition) is 4. The van der Waals surface area contributed by atoms with Crippen molar-refractivity contribution in [2.24, 2.45) is 0 Å². The molecule has 0 radical (unpaired) electrons. The van der Waals surface area contributed by atoms with Crippen LogP contribution in [-0.4, -0.2) is 49.7 Å². The molecule has 8 rings (SSSR count). The number of benzene rings is 5. The van der Waals surface area contributed by atoms with Crippen LogP contribution in [0.25, 0.3) is 11.4 Å². The molecule has 0 saturated carbocycles. The van der Waals surface area contributed by atoms with Crippen LogP contribution in [0, 0.1) is 0 Å². The van der Waals surface area contributed by atoms with Crippen molar-refractivity contribution in [2.75, 3.05) is 22.1 Å². The summed E-state index contributed by atoms with van der Waals surface area (Å²) < 4.78 is 0. The molecule has 6 aromatic rings. The number of nitrogens with zero attached hydrogens (tertiary/aromatic N) is 3. The molecule has 2 aliphatic carbocycles. The third-order valence-corrected chi connectivity index (χ3v) is 9.36. The second-order valence-electron chi connectivity index (χ2n) is 12.7. The lowest BCUT2D eigenvalue weighted by molar-refractivity contribution is 0.0978. The van der Waals surface area contributed by atoms with Gasteiger partial charge < -0.3 is 22.1 Å². The van der Waals surface area contributed by atoms with Gasteiger partial charge in [0.05, 0.1) is 33.6 Å². The molecule has 0 saturated heterocycles. The number of fused-ring (bicyclic) bond motifs is 4. The highest BCUT2D eigenvalue weighted by atomic mass is 16.2. The molecule has 2 aliphatic rings. The summed E-state index contributed by atoms with van der Waals surface area (Å²) in [6.45, 7) is 2.57. The number of carbonyl (C=O) groups excluding carboxylic acids is 6. The van der Waals surface area contributed by atoms with Gasteiger partial charge >= 0.3 is 0 Å². The fourth-order valence-electron chi connectivity index (χ4n) is 6.89. The zero-order chi connectivity index (χ0) is 38.0. The Balaban J connectivity index is 1.33. The average Bonchev–Trinajstić information content (AvgIpc) is 3.17. The first-order valence-electron chi connectivity index (χ1n) is 16.6. The van der Waals surface area contributed by atoms with Crippen molar-refractivity contribution in [1.29, 1.82) is 0 Å². The molecule has 0 fully saturated rings. The predicted molar refractivity (Wildman–Crippen MR) is 200 cm³/mol. The summed E-state index contributed by atoms with van der Waals surface area (Å²) in [5.74, 6) is -3.27. The normalized spacial score (nSPS) is 12.7. The molecule has 0 bridgehead atoms. The number of hydrogen-bond acceptors (Lipinski definition) is 13. The van der Waals surface area contributed by atoms with Crippen LogP contribution in [0.4, 0.5) is 34.6 Å². The van der Waals surface area contributed by atoms with Crippen LogP contribution in [0.15, 0.2) is 91.0 Å². The molecule has 13 nitrogen and oxygen atoms in total. The molecule has 6 N–H and O–H groups in total. The zero-order valence-corrected chi connectivity index (χ0v) is 28.6. The second kappa shape index (κ2) is 12.5. The zero-order valence-electron chi connectivity index (χ0n) is 28.6. The average molecular weight is 714 g/mol. The van der Waals surface area contributed by atoms with E-state index in [1.54, 1.807) is 54.6 Å². The van der Waals surface area contributed by atoms with Crippen LogP contribution in [0.2, 0.25) is 0 Å². The van der Waals surface area contributed by atoms with E-state index in [1.165, 1.54) is 50.2 Å². The number of anilines is 6. The van der Waals surface area contributed by atoms with Crippen LogP contribution in [0.5, 0.6) is 0 Å². The summed E-state index contributed by atoms with van der Waals surface area (Å²) in [5.41, 5.74) is 13.2. The molecule has 0 aliphatic heterocycles. The van der Waals surface area contributed by atoms with E-state index in [-0.39, 0.29) is 96.1 Å². The van der Waals surface area contributed by atoms with Gasteiger partial charge in [0.25, 0.3) is 0 Å². The van der Waals surface area contributed by atoms with Gasteiger partial charge in [-0.2, -0.15) is 15.0 Å². The van der Waals surface area contributed by atoms with Gasteiger partial charge in [0.2, 0.25) is 11.9 Å². The number of carbonyl (C=O) groups is 6. The summed E-state index contributed by atoms with van der Waals surface area (Å²) in [6, 6.07) is 24.0. The maximum absolute atomic E-state index is 14.1. The Kier molecular flexibility index (Phi) is 7.76. The van der Waals surface area contributed by atoms with Gasteiger partial charge in [0, 0.05) is 50.3 Å². The van der Waals surface area contributed by atoms with Gasteiger partial charge in [-0.15, -0.1) is 0 Å². The summed E-state index contributed by atoms with van der Waals surface area (Å²) in [7, 11) is 0. The number of nitrogen functional groups attached to an aromatic ring is 2. The highest BCUT2D eigenvalue weighted by Gasteiger charge is 2.37. The molecule has 0 spiro atoms. The first kappa shape index (κ1) is 33.5. The van der Waals surface area contributed by atoms with Crippen molar-refractivity contribution in [3.8, 4) is 11.4 Å². The third kappa shape index (κ3) is 5.22. The van der Waals surface area contributed by atoms with Gasteiger partial charge in [0.15, 0.2) is 40.5 Å². The standard InChI is InChI=1S/C41H27N7O6/c1-18(49)25-16-27(42)29-31(37(53)23-14-8-6-12-21(23)35(29)51)33(25)44-40-46-39(20-10-4-3-5-11-20)47-41(48-40)45-34-26(19(2)50)17-28(43)30-32(34)38(54)24-15-9-7-13-22(24)36(30)52/h3-17H,42-43H2,1-2H3,(H2,44,45,46,47,48). The fourth-order valence-corrected chi connectivity index (χ4v) is 6.89. The molecular formula is C41H27N7O6. The number of nitrogens with two attached hydrogens (primary N) is 2. The van der Waals surface area contributed by atoms with Crippen LogP contribution in [-0.2, 0) is 0 Å². The largest absolute Gasteiger partial charge is 0.398 e. The SMILES string of the molecule is CC(=O)c1cc(N)c2c(c1Nc1nc(Nc3c(C(C)=O)cc(N)c4c3C(=O)c3ccccc3C4=O)nc(-c3ccccc3)n1)C(=O)c1ccccc1C2=O. The monoisotopic (exact) mass is 713 g/mol. The van der Waals surface area contributed by atoms with Crippen molar-refractivity contribution in [2.45, 2.75) is 13.8 Å². The quantitative estimate of drug-likeness (QED) is 0.108. The lowest BCUT2D eigenvalue weighted by Crippen LogP contribution is -2.25. The first-order valence-corrected chi connectivity index (χ1v) is 16.6. The molecule has 0 atom stereocenters. The van der Waals surface area contributed by atoms with Gasteiger partial charge in [-0.3, -0.25) is 28.8 Å². The summed E-state index contributed by atoms with van der Waals surface area (Å²) in [4.78, 5) is 95.5. The van der Waals surface area contributed by atoms with Crippen LogP contribution < -0.4 is 22.1 Å². The molecule has 1 aromatic heterocycles. The van der Waals surface area contributed by atoms with E-state index in [2.05, 4.69) is 25.6 Å². The van der Waals surface area contributed by atoms with Gasteiger partial charge in [-0.1, -0.05) is 78.9 Å². The van der Waals surface area contributed by atoms with Gasteiger partial charge in [0.1, 0.15) is 0 Å². The fraction of sp³-hybridized carbons (Fsp3) is 0.0488. The van der Waals surface area contributed by atoms with E-state index in [0.29, 0.717) is 5.56 Å². The second-order valence-corrected chi connectivity index (χ2v) is 12.7. The molecular weight excluding hydrogens is 686 g/mol. The molecule has 0 amide bonds. The van der Waals surface area contributed by atoms with Gasteiger partial charge in [-0.05, 0) is 26.0 Å². The van der Waals surface area contributed by atoms with Crippen molar-refractivity contribution in [1.82, 2.24) is 15.0 Å². The molecule has 262 valence electrons. The number of Topliss-reactive ketones (excluding diaryl/α,β-unsaturated/α-hetero) is 2. The highest BCUT2D eigenvalue weighted by molar-refractivity contribution is 6.34.